The maximum absolute atomic E-state index is 7.13. The van der Waals surface area contributed by atoms with Gasteiger partial charge in [0.25, 0.3) is 0 Å². The molecule has 0 fully saturated rings. The van der Waals surface area contributed by atoms with Crippen LogP contribution in [-0.4, -0.2) is 19.5 Å². The summed E-state index contributed by atoms with van der Waals surface area (Å²) in [5.74, 6) is 1.76. The molecule has 11 aromatic carbocycles. The topological polar surface area (TPSA) is 56.7 Å². The Hall–Kier alpha value is -9.97. The zero-order chi connectivity index (χ0) is 49.0. The highest BCUT2D eigenvalue weighted by Gasteiger charge is 2.25. The molecule has 74 heavy (non-hydrogen) atoms. The number of fused-ring (bicyclic) bond motifs is 7. The van der Waals surface area contributed by atoms with Gasteiger partial charge in [-0.05, 0) is 69.3 Å². The molecule has 0 saturated carbocycles. The van der Waals surface area contributed by atoms with E-state index in [1.165, 1.54) is 0 Å². The third-order valence-corrected chi connectivity index (χ3v) is 14.3. The second-order valence-corrected chi connectivity index (χ2v) is 18.7. The number of furan rings is 1. The minimum Gasteiger partial charge on any atom is -0.455 e. The van der Waals surface area contributed by atoms with E-state index >= 15 is 0 Å². The van der Waals surface area contributed by atoms with Gasteiger partial charge in [-0.25, -0.2) is 15.0 Å². The van der Waals surface area contributed by atoms with Gasteiger partial charge in [0.15, 0.2) is 17.5 Å². The van der Waals surface area contributed by atoms with Crippen molar-refractivity contribution in [3.8, 4) is 95.5 Å². The van der Waals surface area contributed by atoms with Crippen LogP contribution in [-0.2, 0) is 0 Å². The molecular weight excluding hydrogens is 901 g/mol. The Bertz CT molecular complexity index is 4200. The predicted octanol–water partition coefficient (Wildman–Crippen LogP) is 18.2. The maximum atomic E-state index is 7.13. The van der Waals surface area contributed by atoms with Crippen molar-refractivity contribution in [1.82, 2.24) is 19.5 Å². The molecule has 0 aliphatic heterocycles. The van der Waals surface area contributed by atoms with Crippen LogP contribution in [0.4, 0.5) is 0 Å². The summed E-state index contributed by atoms with van der Waals surface area (Å²) < 4.78 is 9.57. The van der Waals surface area contributed by atoms with E-state index in [1.807, 2.05) is 12.1 Å². The molecule has 0 unspecified atom stereocenters. The SMILES string of the molecule is c1ccc(-c2ccc(-c3nc(-c4ccc(-c5ccccc5)cc4)nc(-c4cc(-c5ccccc5)c(-n5c6ccccc6c6c7oc8c(-c9ccccc9)cccc8c7ccc65)c(-c5ccccc5)c4)n3)cc2)cc1. The monoisotopic (exact) mass is 944 g/mol. The lowest BCUT2D eigenvalue weighted by Crippen LogP contribution is -2.04. The standard InChI is InChI=1S/C69H44N4O/c1-6-19-45(20-7-1)47-33-37-52(38-34-47)67-70-68(53-39-35-48(36-40-53)46-21-8-2-9-22-46)72-69(71-67)54-43-59(50-25-12-4-13-26-50)64(60(44-54)51-27-14-5-15-28-51)73-61-32-17-16-29-58(61)63-62(73)42-41-57-56-31-18-30-55(65(56)74-66(57)63)49-23-10-3-11-24-49/h1-44H. The van der Waals surface area contributed by atoms with Crippen molar-refractivity contribution >= 4 is 43.7 Å². The van der Waals surface area contributed by atoms with Gasteiger partial charge < -0.3 is 8.98 Å². The van der Waals surface area contributed by atoms with Crippen LogP contribution in [0.1, 0.15) is 0 Å². The summed E-state index contributed by atoms with van der Waals surface area (Å²) in [4.78, 5) is 16.0. The third kappa shape index (κ3) is 7.46. The van der Waals surface area contributed by atoms with Crippen molar-refractivity contribution in [1.29, 1.82) is 0 Å². The summed E-state index contributed by atoms with van der Waals surface area (Å²) in [5.41, 5.74) is 18.5. The maximum Gasteiger partial charge on any atom is 0.164 e. The van der Waals surface area contributed by atoms with E-state index in [0.29, 0.717) is 17.5 Å². The van der Waals surface area contributed by atoms with Gasteiger partial charge in [0.1, 0.15) is 11.2 Å². The van der Waals surface area contributed by atoms with Gasteiger partial charge in [0.2, 0.25) is 0 Å². The first-order valence-corrected chi connectivity index (χ1v) is 25.0. The van der Waals surface area contributed by atoms with Gasteiger partial charge in [-0.15, -0.1) is 0 Å². The van der Waals surface area contributed by atoms with Crippen molar-refractivity contribution in [2.24, 2.45) is 0 Å². The Labute approximate surface area is 428 Å². The lowest BCUT2D eigenvalue weighted by Gasteiger charge is -2.21. The van der Waals surface area contributed by atoms with Crippen LogP contribution >= 0.6 is 0 Å². The predicted molar refractivity (Wildman–Crippen MR) is 305 cm³/mol. The third-order valence-electron chi connectivity index (χ3n) is 14.3. The lowest BCUT2D eigenvalue weighted by molar-refractivity contribution is 0.674. The highest BCUT2D eigenvalue weighted by atomic mass is 16.3. The summed E-state index contributed by atoms with van der Waals surface area (Å²) >= 11 is 0. The van der Waals surface area contributed by atoms with Gasteiger partial charge in [0, 0.05) is 49.5 Å². The largest absolute Gasteiger partial charge is 0.455 e. The average molecular weight is 945 g/mol. The Morgan fingerprint density at radius 1 is 0.257 bits per heavy atom. The zero-order valence-corrected chi connectivity index (χ0v) is 40.1. The van der Waals surface area contributed by atoms with Crippen LogP contribution in [0.3, 0.4) is 0 Å². The van der Waals surface area contributed by atoms with Gasteiger partial charge in [-0.1, -0.05) is 237 Å². The van der Waals surface area contributed by atoms with E-state index in [9.17, 15) is 0 Å². The van der Waals surface area contributed by atoms with Gasteiger partial charge in [-0.2, -0.15) is 0 Å². The smallest absolute Gasteiger partial charge is 0.164 e. The van der Waals surface area contributed by atoms with Crippen LogP contribution in [0, 0.1) is 0 Å². The van der Waals surface area contributed by atoms with Crippen molar-refractivity contribution < 1.29 is 4.42 Å². The van der Waals surface area contributed by atoms with Gasteiger partial charge in [-0.3, -0.25) is 0 Å². The Morgan fingerprint density at radius 3 is 1.16 bits per heavy atom. The molecule has 0 aliphatic carbocycles. The van der Waals surface area contributed by atoms with E-state index in [-0.39, 0.29) is 0 Å². The minimum absolute atomic E-state index is 0.575. The van der Waals surface area contributed by atoms with Crippen LogP contribution < -0.4 is 0 Å². The van der Waals surface area contributed by atoms with Crippen molar-refractivity contribution in [2.45, 2.75) is 0 Å². The molecule has 5 nitrogen and oxygen atoms in total. The number of para-hydroxylation sites is 2. The average Bonchev–Trinajstić information content (AvgIpc) is 4.04. The molecule has 3 aromatic heterocycles. The molecule has 0 bridgehead atoms. The molecular formula is C69H44N4O. The first-order chi connectivity index (χ1) is 36.7. The molecule has 0 saturated heterocycles. The summed E-state index contributed by atoms with van der Waals surface area (Å²) in [6.07, 6.45) is 0. The molecule has 0 radical (unpaired) electrons. The number of hydrogen-bond acceptors (Lipinski definition) is 4. The summed E-state index contributed by atoms with van der Waals surface area (Å²) in [6.45, 7) is 0. The summed E-state index contributed by atoms with van der Waals surface area (Å²) in [7, 11) is 0. The van der Waals surface area contributed by atoms with E-state index < -0.39 is 0 Å². The van der Waals surface area contributed by atoms with Crippen molar-refractivity contribution in [3.63, 3.8) is 0 Å². The lowest BCUT2D eigenvalue weighted by atomic mass is 9.92. The van der Waals surface area contributed by atoms with Crippen LogP contribution in [0.5, 0.6) is 0 Å². The number of nitrogens with zero attached hydrogens (tertiary/aromatic N) is 4. The summed E-state index contributed by atoms with van der Waals surface area (Å²) in [6, 6.07) is 94.0. The first-order valence-electron chi connectivity index (χ1n) is 25.0. The zero-order valence-electron chi connectivity index (χ0n) is 40.1. The van der Waals surface area contributed by atoms with E-state index in [0.717, 1.165) is 122 Å². The fourth-order valence-corrected chi connectivity index (χ4v) is 10.7. The molecule has 0 amide bonds. The molecule has 3 heterocycles. The summed E-state index contributed by atoms with van der Waals surface area (Å²) in [5, 5.41) is 4.35. The Balaban J connectivity index is 1.02. The number of benzene rings is 11. The fourth-order valence-electron chi connectivity index (χ4n) is 10.7. The number of hydrogen-bond donors (Lipinski definition) is 0. The van der Waals surface area contributed by atoms with Crippen molar-refractivity contribution in [3.05, 3.63) is 267 Å². The highest BCUT2D eigenvalue weighted by Crippen LogP contribution is 2.47. The molecule has 0 spiro atoms. The van der Waals surface area contributed by atoms with Gasteiger partial charge in [0.05, 0.1) is 22.1 Å². The molecule has 14 rings (SSSR count). The Kier molecular flexibility index (Phi) is 10.4. The molecule has 14 aromatic rings. The van der Waals surface area contributed by atoms with Crippen LogP contribution in [0.25, 0.3) is 139 Å². The van der Waals surface area contributed by atoms with Crippen LogP contribution in [0.15, 0.2) is 271 Å². The second-order valence-electron chi connectivity index (χ2n) is 18.7. The van der Waals surface area contributed by atoms with Gasteiger partial charge >= 0.3 is 0 Å². The first kappa shape index (κ1) is 42.9. The minimum atomic E-state index is 0.575. The van der Waals surface area contributed by atoms with Crippen molar-refractivity contribution in [2.75, 3.05) is 0 Å². The number of rotatable bonds is 9. The molecule has 0 aliphatic rings. The van der Waals surface area contributed by atoms with Crippen LogP contribution in [0.2, 0.25) is 0 Å². The van der Waals surface area contributed by atoms with E-state index in [1.54, 1.807) is 0 Å². The molecule has 0 N–H and O–H groups in total. The number of aromatic nitrogens is 4. The quantitative estimate of drug-likeness (QED) is 0.145. The Morgan fingerprint density at radius 2 is 0.649 bits per heavy atom. The highest BCUT2D eigenvalue weighted by molar-refractivity contribution is 6.25. The molecule has 346 valence electrons. The fraction of sp³-hybridized carbons (Fsp3) is 0. The molecule has 5 heteroatoms. The molecule has 0 atom stereocenters. The normalized spacial score (nSPS) is 11.5. The van der Waals surface area contributed by atoms with E-state index in [4.69, 9.17) is 19.4 Å². The van der Waals surface area contributed by atoms with E-state index in [2.05, 4.69) is 259 Å². The second kappa shape index (κ2) is 18.0.